The third kappa shape index (κ3) is 3.85. The van der Waals surface area contributed by atoms with E-state index in [1.54, 1.807) is 6.07 Å². The van der Waals surface area contributed by atoms with Gasteiger partial charge in [0.25, 0.3) is 0 Å². The SMILES string of the molecule is C[C@@H]1CCN(Cc2cccc(OC(F)(F)C(F)F)c2)C1. The van der Waals surface area contributed by atoms with Gasteiger partial charge >= 0.3 is 12.5 Å². The van der Waals surface area contributed by atoms with Crippen molar-refractivity contribution in [3.05, 3.63) is 29.8 Å². The molecule has 0 spiro atoms. The Bertz CT molecular complexity index is 453. The van der Waals surface area contributed by atoms with Crippen LogP contribution in [0.15, 0.2) is 24.3 Å². The van der Waals surface area contributed by atoms with Crippen molar-refractivity contribution in [3.8, 4) is 5.75 Å². The molecule has 112 valence electrons. The largest absolute Gasteiger partial charge is 0.461 e. The highest BCUT2D eigenvalue weighted by molar-refractivity contribution is 5.28. The molecule has 1 aromatic carbocycles. The maximum absolute atomic E-state index is 12.8. The predicted octanol–water partition coefficient (Wildman–Crippen LogP) is 3.77. The van der Waals surface area contributed by atoms with Gasteiger partial charge in [0.1, 0.15) is 5.75 Å². The minimum absolute atomic E-state index is 0.236. The Kier molecular flexibility index (Phi) is 4.52. The number of hydrogen-bond acceptors (Lipinski definition) is 2. The zero-order valence-electron chi connectivity index (χ0n) is 11.2. The van der Waals surface area contributed by atoms with Crippen LogP contribution in [0, 0.1) is 5.92 Å². The first-order chi connectivity index (χ1) is 9.37. The van der Waals surface area contributed by atoms with Gasteiger partial charge in [0.2, 0.25) is 0 Å². The summed E-state index contributed by atoms with van der Waals surface area (Å²) in [5.74, 6) is 0.387. The van der Waals surface area contributed by atoms with Gasteiger partial charge in [0.15, 0.2) is 0 Å². The van der Waals surface area contributed by atoms with E-state index in [0.29, 0.717) is 12.5 Å². The summed E-state index contributed by atoms with van der Waals surface area (Å²) < 4.78 is 53.9. The molecule has 0 aliphatic carbocycles. The van der Waals surface area contributed by atoms with Gasteiger partial charge in [-0.15, -0.1) is 0 Å². The van der Waals surface area contributed by atoms with Crippen molar-refractivity contribution in [2.75, 3.05) is 13.1 Å². The summed E-state index contributed by atoms with van der Waals surface area (Å²) in [4.78, 5) is 2.20. The third-order valence-corrected chi connectivity index (χ3v) is 3.32. The van der Waals surface area contributed by atoms with Crippen LogP contribution < -0.4 is 4.74 Å². The molecule has 0 unspecified atom stereocenters. The second kappa shape index (κ2) is 5.99. The van der Waals surface area contributed by atoms with Crippen molar-refractivity contribution in [2.45, 2.75) is 32.4 Å². The van der Waals surface area contributed by atoms with Crippen molar-refractivity contribution in [3.63, 3.8) is 0 Å². The predicted molar refractivity (Wildman–Crippen MR) is 67.1 cm³/mol. The van der Waals surface area contributed by atoms with Crippen LogP contribution in [-0.4, -0.2) is 30.5 Å². The third-order valence-electron chi connectivity index (χ3n) is 3.32. The molecule has 1 fully saturated rings. The summed E-state index contributed by atoms with van der Waals surface area (Å²) in [5.41, 5.74) is 0.779. The minimum Gasteiger partial charge on any atom is -0.428 e. The molecule has 1 heterocycles. The van der Waals surface area contributed by atoms with Crippen LogP contribution in [0.4, 0.5) is 17.6 Å². The van der Waals surface area contributed by atoms with Gasteiger partial charge in [0, 0.05) is 13.1 Å². The molecule has 6 heteroatoms. The second-order valence-electron chi connectivity index (χ2n) is 5.24. The summed E-state index contributed by atoms with van der Waals surface area (Å²) in [5, 5.41) is 0. The molecule has 0 N–H and O–H groups in total. The van der Waals surface area contributed by atoms with E-state index in [0.717, 1.165) is 25.1 Å². The fourth-order valence-electron chi connectivity index (χ4n) is 2.34. The van der Waals surface area contributed by atoms with Gasteiger partial charge in [-0.2, -0.15) is 17.6 Å². The zero-order chi connectivity index (χ0) is 14.8. The lowest BCUT2D eigenvalue weighted by Gasteiger charge is -2.19. The highest BCUT2D eigenvalue weighted by Crippen LogP contribution is 2.28. The number of nitrogens with zero attached hydrogens (tertiary/aromatic N) is 1. The Balaban J connectivity index is 2.01. The molecule has 0 bridgehead atoms. The quantitative estimate of drug-likeness (QED) is 0.766. The molecule has 0 radical (unpaired) electrons. The molecule has 1 saturated heterocycles. The molecule has 2 rings (SSSR count). The van der Waals surface area contributed by atoms with Crippen LogP contribution in [0.3, 0.4) is 0 Å². The summed E-state index contributed by atoms with van der Waals surface area (Å²) in [7, 11) is 0. The average Bonchev–Trinajstić information content (AvgIpc) is 2.74. The van der Waals surface area contributed by atoms with Crippen molar-refractivity contribution in [2.24, 2.45) is 5.92 Å². The van der Waals surface area contributed by atoms with Gasteiger partial charge in [-0.05, 0) is 36.6 Å². The van der Waals surface area contributed by atoms with Crippen molar-refractivity contribution in [1.82, 2.24) is 4.90 Å². The first kappa shape index (κ1) is 15.1. The van der Waals surface area contributed by atoms with Crippen molar-refractivity contribution in [1.29, 1.82) is 0 Å². The lowest BCUT2D eigenvalue weighted by atomic mass is 10.2. The molecule has 1 aliphatic heterocycles. The van der Waals surface area contributed by atoms with Gasteiger partial charge in [0.05, 0.1) is 0 Å². The van der Waals surface area contributed by atoms with Crippen molar-refractivity contribution < 1.29 is 22.3 Å². The smallest absolute Gasteiger partial charge is 0.428 e. The highest BCUT2D eigenvalue weighted by Gasteiger charge is 2.43. The van der Waals surface area contributed by atoms with Gasteiger partial charge in [-0.25, -0.2) is 0 Å². The minimum atomic E-state index is -4.46. The first-order valence-electron chi connectivity index (χ1n) is 6.53. The molecular weight excluding hydrogens is 274 g/mol. The molecule has 0 amide bonds. The van der Waals surface area contributed by atoms with E-state index >= 15 is 0 Å². The Morgan fingerprint density at radius 3 is 2.75 bits per heavy atom. The van der Waals surface area contributed by atoms with Crippen LogP contribution in [0.1, 0.15) is 18.9 Å². The normalized spacial score (nSPS) is 20.6. The zero-order valence-corrected chi connectivity index (χ0v) is 11.2. The van der Waals surface area contributed by atoms with Crippen LogP contribution in [0.2, 0.25) is 0 Å². The average molecular weight is 291 g/mol. The van der Waals surface area contributed by atoms with Gasteiger partial charge in [-0.1, -0.05) is 19.1 Å². The van der Waals surface area contributed by atoms with E-state index in [4.69, 9.17) is 0 Å². The van der Waals surface area contributed by atoms with Crippen LogP contribution in [-0.2, 0) is 6.54 Å². The molecule has 1 atom stereocenters. The van der Waals surface area contributed by atoms with E-state index in [2.05, 4.69) is 16.6 Å². The van der Waals surface area contributed by atoms with E-state index in [1.165, 1.54) is 18.2 Å². The van der Waals surface area contributed by atoms with Crippen LogP contribution in [0.5, 0.6) is 5.75 Å². The number of ether oxygens (including phenoxy) is 1. The van der Waals surface area contributed by atoms with Crippen molar-refractivity contribution >= 4 is 0 Å². The van der Waals surface area contributed by atoms with Crippen LogP contribution in [0.25, 0.3) is 0 Å². The number of likely N-dealkylation sites (tertiary alicyclic amines) is 1. The Labute approximate surface area is 115 Å². The molecule has 0 saturated carbocycles. The summed E-state index contributed by atoms with van der Waals surface area (Å²) in [6, 6.07) is 5.95. The fourth-order valence-corrected chi connectivity index (χ4v) is 2.34. The second-order valence-corrected chi connectivity index (χ2v) is 5.24. The lowest BCUT2D eigenvalue weighted by molar-refractivity contribution is -0.253. The topological polar surface area (TPSA) is 12.5 Å². The molecule has 20 heavy (non-hydrogen) atoms. The molecule has 1 aliphatic rings. The Morgan fingerprint density at radius 2 is 2.15 bits per heavy atom. The monoisotopic (exact) mass is 291 g/mol. The summed E-state index contributed by atoms with van der Waals surface area (Å²) in [6.45, 7) is 4.68. The fraction of sp³-hybridized carbons (Fsp3) is 0.571. The number of benzene rings is 1. The van der Waals surface area contributed by atoms with E-state index < -0.39 is 12.5 Å². The first-order valence-corrected chi connectivity index (χ1v) is 6.53. The van der Waals surface area contributed by atoms with E-state index in [-0.39, 0.29) is 5.75 Å². The maximum atomic E-state index is 12.8. The summed E-state index contributed by atoms with van der Waals surface area (Å²) >= 11 is 0. The van der Waals surface area contributed by atoms with Gasteiger partial charge < -0.3 is 4.74 Å². The van der Waals surface area contributed by atoms with Gasteiger partial charge in [-0.3, -0.25) is 4.90 Å². The summed E-state index contributed by atoms with van der Waals surface area (Å²) in [6.07, 6.45) is -7.19. The number of alkyl halides is 4. The lowest BCUT2D eigenvalue weighted by Crippen LogP contribution is -2.33. The van der Waals surface area contributed by atoms with E-state index in [9.17, 15) is 17.6 Å². The number of rotatable bonds is 5. The van der Waals surface area contributed by atoms with E-state index in [1.807, 2.05) is 0 Å². The number of halogens is 4. The highest BCUT2D eigenvalue weighted by atomic mass is 19.3. The Hall–Kier alpha value is -1.30. The molecule has 0 aromatic heterocycles. The molecule has 2 nitrogen and oxygen atoms in total. The maximum Gasteiger partial charge on any atom is 0.461 e. The van der Waals surface area contributed by atoms with Crippen LogP contribution >= 0.6 is 0 Å². The molecule has 1 aromatic rings. The molecular formula is C14H17F4NO. The Morgan fingerprint density at radius 1 is 1.40 bits per heavy atom. The number of hydrogen-bond donors (Lipinski definition) is 0. The standard InChI is InChI=1S/C14H17F4NO/c1-10-5-6-19(8-10)9-11-3-2-4-12(7-11)20-14(17,18)13(15)16/h2-4,7,10,13H,5-6,8-9H2,1H3/t10-/m1/s1.